The highest BCUT2D eigenvalue weighted by Crippen LogP contribution is 2.29. The summed E-state index contributed by atoms with van der Waals surface area (Å²) in [6.07, 6.45) is 0.485. The van der Waals surface area contributed by atoms with Crippen LogP contribution in [0.25, 0.3) is 16.9 Å². The summed E-state index contributed by atoms with van der Waals surface area (Å²) in [6, 6.07) is 19.7. The zero-order valence-corrected chi connectivity index (χ0v) is 19.7. The molecule has 3 heterocycles. The Morgan fingerprint density at radius 1 is 1.23 bits per heavy atom. The number of Topliss-reactive ketones (excluding diaryl/α,β-unsaturated/α-hetero) is 1. The lowest BCUT2D eigenvalue weighted by Gasteiger charge is -2.27. The number of nitriles is 1. The van der Waals surface area contributed by atoms with E-state index in [1.165, 1.54) is 7.11 Å². The summed E-state index contributed by atoms with van der Waals surface area (Å²) in [7, 11) is 1.53. The van der Waals surface area contributed by atoms with Crippen LogP contribution in [0.2, 0.25) is 0 Å². The predicted molar refractivity (Wildman–Crippen MR) is 133 cm³/mol. The van der Waals surface area contributed by atoms with Gasteiger partial charge in [-0.25, -0.2) is 4.98 Å². The fraction of sp³-hybridized carbons (Fsp3) is 0.259. The lowest BCUT2D eigenvalue weighted by atomic mass is 9.97. The van der Waals surface area contributed by atoms with Crippen LogP contribution in [0.1, 0.15) is 28.1 Å². The van der Waals surface area contributed by atoms with E-state index in [4.69, 9.17) is 14.7 Å². The van der Waals surface area contributed by atoms with Gasteiger partial charge in [0.15, 0.2) is 5.78 Å². The van der Waals surface area contributed by atoms with Crippen molar-refractivity contribution in [3.05, 3.63) is 82.7 Å². The molecule has 2 aromatic carbocycles. The van der Waals surface area contributed by atoms with Gasteiger partial charge in [-0.1, -0.05) is 36.4 Å². The minimum Gasteiger partial charge on any atom is -0.377 e. The van der Waals surface area contributed by atoms with E-state index in [1.54, 1.807) is 0 Å². The van der Waals surface area contributed by atoms with Gasteiger partial charge < -0.3 is 15.4 Å². The number of carbonyl (C=O) groups is 1. The first-order valence-electron chi connectivity index (χ1n) is 11.5. The van der Waals surface area contributed by atoms with Crippen molar-refractivity contribution in [2.24, 2.45) is 0 Å². The molecule has 2 N–H and O–H groups in total. The molecule has 8 heteroatoms. The molecule has 176 valence electrons. The molecular formula is C27H26N6O2. The minimum atomic E-state index is -0.346. The number of aryl methyl sites for hydroxylation is 1. The van der Waals surface area contributed by atoms with Gasteiger partial charge in [0.25, 0.3) is 0 Å². The van der Waals surface area contributed by atoms with Crippen LogP contribution < -0.4 is 10.6 Å². The Hall–Kier alpha value is -4.06. The molecule has 0 spiro atoms. The van der Waals surface area contributed by atoms with Crippen LogP contribution in [-0.2, 0) is 29.0 Å². The molecule has 1 unspecified atom stereocenters. The van der Waals surface area contributed by atoms with Crippen LogP contribution in [0.3, 0.4) is 0 Å². The Balaban J connectivity index is 1.59. The first-order chi connectivity index (χ1) is 17.1. The molecule has 0 saturated heterocycles. The number of hydrogen-bond acceptors (Lipinski definition) is 7. The topological polar surface area (TPSA) is 105 Å². The van der Waals surface area contributed by atoms with E-state index in [-0.39, 0.29) is 18.4 Å². The highest BCUT2D eigenvalue weighted by atomic mass is 16.5. The molecule has 0 radical (unpaired) electrons. The number of ketones is 1. The molecule has 35 heavy (non-hydrogen) atoms. The van der Waals surface area contributed by atoms with E-state index < -0.39 is 0 Å². The molecule has 0 fully saturated rings. The molecule has 0 saturated carbocycles. The van der Waals surface area contributed by atoms with Crippen molar-refractivity contribution >= 4 is 22.5 Å². The molecule has 8 nitrogen and oxygen atoms in total. The van der Waals surface area contributed by atoms with Crippen LogP contribution in [0.5, 0.6) is 0 Å². The fourth-order valence-electron chi connectivity index (χ4n) is 4.60. The largest absolute Gasteiger partial charge is 0.377 e. The molecule has 1 atom stereocenters. The first kappa shape index (κ1) is 22.7. The highest BCUT2D eigenvalue weighted by molar-refractivity contribution is 5.88. The van der Waals surface area contributed by atoms with Gasteiger partial charge in [0.2, 0.25) is 5.95 Å². The smallest absolute Gasteiger partial charge is 0.236 e. The monoisotopic (exact) mass is 466 g/mol. The van der Waals surface area contributed by atoms with Gasteiger partial charge in [0.05, 0.1) is 28.9 Å². The number of benzene rings is 2. The lowest BCUT2D eigenvalue weighted by molar-refractivity contribution is -0.124. The highest BCUT2D eigenvalue weighted by Gasteiger charge is 2.28. The Labute approximate surface area is 203 Å². The number of methoxy groups -OCH3 is 1. The molecule has 1 aliphatic rings. The van der Waals surface area contributed by atoms with E-state index >= 15 is 0 Å². The van der Waals surface area contributed by atoms with Crippen molar-refractivity contribution in [2.45, 2.75) is 32.5 Å². The molecule has 0 bridgehead atoms. The van der Waals surface area contributed by atoms with Crippen molar-refractivity contribution in [1.29, 1.82) is 5.26 Å². The first-order valence-corrected chi connectivity index (χ1v) is 11.5. The van der Waals surface area contributed by atoms with Crippen LogP contribution in [0, 0.1) is 18.3 Å². The number of hydrogen-bond donors (Lipinski definition) is 2. The van der Waals surface area contributed by atoms with Crippen LogP contribution in [0.4, 0.5) is 5.82 Å². The van der Waals surface area contributed by atoms with Crippen LogP contribution in [0.15, 0.2) is 54.6 Å². The Kier molecular flexibility index (Phi) is 6.27. The van der Waals surface area contributed by atoms with Gasteiger partial charge in [-0.3, -0.25) is 9.36 Å². The maximum atomic E-state index is 12.5. The standard InChI is InChI=1S/C27H26N6O2/c1-17-11-20-19(13-28)9-6-10-24(20)33(17)27-31-23-15-29-22(25(34)16-35-2)12-21(23)26(32-27)30-14-18-7-4-3-5-8-18/h3-11,22,29H,12,14-16H2,1-2H3,(H,30,31,32). The van der Waals surface area contributed by atoms with Gasteiger partial charge in [-0.15, -0.1) is 0 Å². The average Bonchev–Trinajstić information content (AvgIpc) is 3.23. The van der Waals surface area contributed by atoms with Gasteiger partial charge in [0.1, 0.15) is 12.4 Å². The summed E-state index contributed by atoms with van der Waals surface area (Å²) in [5.74, 6) is 1.25. The lowest BCUT2D eigenvalue weighted by Crippen LogP contribution is -2.44. The molecular weight excluding hydrogens is 440 g/mol. The summed E-state index contributed by atoms with van der Waals surface area (Å²) in [4.78, 5) is 22.4. The third-order valence-electron chi connectivity index (χ3n) is 6.33. The third-order valence-corrected chi connectivity index (χ3v) is 6.33. The van der Waals surface area contributed by atoms with Crippen LogP contribution >= 0.6 is 0 Å². The number of ether oxygens (including phenoxy) is 1. The van der Waals surface area contributed by atoms with Crippen molar-refractivity contribution < 1.29 is 9.53 Å². The number of nitrogens with one attached hydrogen (secondary N) is 2. The van der Waals surface area contributed by atoms with E-state index in [9.17, 15) is 10.1 Å². The summed E-state index contributed by atoms with van der Waals surface area (Å²) >= 11 is 0. The van der Waals surface area contributed by atoms with Crippen molar-refractivity contribution in [2.75, 3.05) is 19.0 Å². The number of anilines is 1. The quantitative estimate of drug-likeness (QED) is 0.430. The minimum absolute atomic E-state index is 0.00696. The molecule has 1 aliphatic heterocycles. The van der Waals surface area contributed by atoms with Gasteiger partial charge in [-0.2, -0.15) is 10.2 Å². The van der Waals surface area contributed by atoms with E-state index in [0.717, 1.165) is 33.4 Å². The molecule has 0 aliphatic carbocycles. The summed E-state index contributed by atoms with van der Waals surface area (Å²) < 4.78 is 7.04. The van der Waals surface area contributed by atoms with Crippen molar-refractivity contribution in [3.63, 3.8) is 0 Å². The van der Waals surface area contributed by atoms with Gasteiger partial charge >= 0.3 is 0 Å². The fourth-order valence-corrected chi connectivity index (χ4v) is 4.60. The third kappa shape index (κ3) is 4.39. The van der Waals surface area contributed by atoms with E-state index in [0.29, 0.717) is 36.8 Å². The number of rotatable bonds is 7. The number of fused-ring (bicyclic) bond motifs is 2. The van der Waals surface area contributed by atoms with Crippen molar-refractivity contribution in [1.82, 2.24) is 19.9 Å². The zero-order valence-electron chi connectivity index (χ0n) is 19.7. The summed E-state index contributed by atoms with van der Waals surface area (Å²) in [5.41, 5.74) is 5.35. The maximum Gasteiger partial charge on any atom is 0.236 e. The summed E-state index contributed by atoms with van der Waals surface area (Å²) in [5, 5.41) is 17.2. The summed E-state index contributed by atoms with van der Waals surface area (Å²) in [6.45, 7) is 3.09. The molecule has 0 amide bonds. The second-order valence-corrected chi connectivity index (χ2v) is 8.64. The van der Waals surface area contributed by atoms with E-state index in [2.05, 4.69) is 28.8 Å². The van der Waals surface area contributed by atoms with Crippen molar-refractivity contribution in [3.8, 4) is 12.0 Å². The predicted octanol–water partition coefficient (Wildman–Crippen LogP) is 3.44. The van der Waals surface area contributed by atoms with Gasteiger partial charge in [-0.05, 0) is 30.7 Å². The zero-order chi connectivity index (χ0) is 24.4. The Morgan fingerprint density at radius 3 is 2.83 bits per heavy atom. The normalized spacial score (nSPS) is 14.9. The second kappa shape index (κ2) is 9.66. The SMILES string of the molecule is COCC(=O)C1Cc2c(nc(-n3c(C)cc4c(C#N)cccc43)nc2NCc2ccccc2)CN1. The Bertz CT molecular complexity index is 1440. The molecule has 4 aromatic rings. The number of aromatic nitrogens is 3. The van der Waals surface area contributed by atoms with E-state index in [1.807, 2.05) is 54.0 Å². The van der Waals surface area contributed by atoms with Gasteiger partial charge in [0, 0.05) is 43.3 Å². The van der Waals surface area contributed by atoms with Crippen LogP contribution in [-0.4, -0.2) is 40.1 Å². The number of nitrogens with zero attached hydrogens (tertiary/aromatic N) is 4. The molecule has 5 rings (SSSR count). The number of carbonyl (C=O) groups excluding carboxylic acids is 1. The second-order valence-electron chi connectivity index (χ2n) is 8.64. The maximum absolute atomic E-state index is 12.5. The Morgan fingerprint density at radius 2 is 2.06 bits per heavy atom. The average molecular weight is 467 g/mol. The molecule has 2 aromatic heterocycles.